The van der Waals surface area contributed by atoms with E-state index in [1.807, 2.05) is 30.0 Å². The standard InChI is InChI=1S/C37H40ClF3N8O5S/c1-2-22(19-42)33(47-13-15-48(16-14-47)35(51)26-5-3-4-6-28(26)46-55-25-9-10-25)36(52)49(45-34(43)23-7-12-30-31(17-23)54-21-53-30)20-32(50)44-29-11-8-24(18-27(29)38)37(39,40)41/h3-8,11-12,17-18,25,46H,2,9-10,13-16,19-21,42H2,1H3,(H2,43,45)(H,44,50)/b33-22+. The van der Waals surface area contributed by atoms with E-state index in [9.17, 15) is 27.6 Å². The summed E-state index contributed by atoms with van der Waals surface area (Å²) in [6.07, 6.45) is -1.98. The lowest BCUT2D eigenvalue weighted by molar-refractivity contribution is -0.137. The lowest BCUT2D eigenvalue weighted by Gasteiger charge is -2.38. The van der Waals surface area contributed by atoms with Crippen molar-refractivity contribution < 1.29 is 37.0 Å². The summed E-state index contributed by atoms with van der Waals surface area (Å²) in [4.78, 5) is 45.4. The van der Waals surface area contributed by atoms with E-state index in [-0.39, 0.29) is 67.7 Å². The Labute approximate surface area is 324 Å². The average Bonchev–Trinajstić information content (AvgIpc) is 3.89. The van der Waals surface area contributed by atoms with Crippen LogP contribution in [-0.4, -0.2) is 89.7 Å². The molecule has 3 aliphatic rings. The predicted octanol–water partition coefficient (Wildman–Crippen LogP) is 5.48. The van der Waals surface area contributed by atoms with Crippen molar-refractivity contribution >= 4 is 58.5 Å². The van der Waals surface area contributed by atoms with E-state index < -0.39 is 30.1 Å². The minimum atomic E-state index is -4.64. The maximum Gasteiger partial charge on any atom is 0.416 e. The number of amides is 3. The number of carbonyl (C=O) groups excluding carboxylic acids is 3. The van der Waals surface area contributed by atoms with Gasteiger partial charge in [0.1, 0.15) is 12.2 Å². The van der Waals surface area contributed by atoms with Gasteiger partial charge in [-0.3, -0.25) is 14.4 Å². The van der Waals surface area contributed by atoms with Gasteiger partial charge >= 0.3 is 6.18 Å². The van der Waals surface area contributed by atoms with Gasteiger partial charge in [0.25, 0.3) is 11.8 Å². The fourth-order valence-electron chi connectivity index (χ4n) is 5.95. The minimum absolute atomic E-state index is 0.0109. The molecular formula is C37H40ClF3N8O5S. The third-order valence-corrected chi connectivity index (χ3v) is 10.6. The van der Waals surface area contributed by atoms with Crippen LogP contribution in [0, 0.1) is 0 Å². The van der Waals surface area contributed by atoms with Gasteiger partial charge in [0.2, 0.25) is 12.7 Å². The Morgan fingerprint density at radius 1 is 0.982 bits per heavy atom. The quantitative estimate of drug-likeness (QED) is 0.0572. The molecule has 13 nitrogen and oxygen atoms in total. The van der Waals surface area contributed by atoms with Gasteiger partial charge in [-0.05, 0) is 85.3 Å². The van der Waals surface area contributed by atoms with Gasteiger partial charge in [0, 0.05) is 43.5 Å². The summed E-state index contributed by atoms with van der Waals surface area (Å²) in [6.45, 7) is 2.28. The van der Waals surface area contributed by atoms with E-state index in [0.717, 1.165) is 35.7 Å². The molecule has 0 radical (unpaired) electrons. The molecule has 0 spiro atoms. The number of nitrogens with two attached hydrogens (primary N) is 2. The van der Waals surface area contributed by atoms with Crippen molar-refractivity contribution in [3.05, 3.63) is 93.6 Å². The first-order valence-electron chi connectivity index (χ1n) is 17.6. The Hall–Kier alpha value is -5.13. The van der Waals surface area contributed by atoms with Gasteiger partial charge in [-0.15, -0.1) is 0 Å². The average molecular weight is 801 g/mol. The van der Waals surface area contributed by atoms with Gasteiger partial charge in [-0.2, -0.15) is 18.3 Å². The van der Waals surface area contributed by atoms with E-state index in [2.05, 4.69) is 15.1 Å². The second-order valence-corrected chi connectivity index (χ2v) is 14.4. The number of para-hydroxylation sites is 1. The van der Waals surface area contributed by atoms with Crippen molar-refractivity contribution in [1.29, 1.82) is 0 Å². The highest BCUT2D eigenvalue weighted by Gasteiger charge is 2.34. The topological polar surface area (TPSA) is 168 Å². The summed E-state index contributed by atoms with van der Waals surface area (Å²) >= 11 is 7.72. The van der Waals surface area contributed by atoms with Crippen molar-refractivity contribution in [2.24, 2.45) is 16.6 Å². The monoisotopic (exact) mass is 800 g/mol. The van der Waals surface area contributed by atoms with Crippen molar-refractivity contribution in [3.63, 3.8) is 0 Å². The number of rotatable bonds is 13. The van der Waals surface area contributed by atoms with Gasteiger partial charge in [-0.1, -0.05) is 30.7 Å². The Morgan fingerprint density at radius 3 is 2.36 bits per heavy atom. The normalized spacial score (nSPS) is 16.1. The summed E-state index contributed by atoms with van der Waals surface area (Å²) in [5.74, 6) is -0.900. The first-order valence-corrected chi connectivity index (χ1v) is 18.8. The van der Waals surface area contributed by atoms with Gasteiger partial charge in [-0.25, -0.2) is 5.01 Å². The van der Waals surface area contributed by atoms with Crippen LogP contribution in [0.25, 0.3) is 0 Å². The van der Waals surface area contributed by atoms with Crippen LogP contribution in [-0.2, 0) is 15.8 Å². The molecule has 3 aromatic carbocycles. The number of hydrazone groups is 1. The third-order valence-electron chi connectivity index (χ3n) is 9.11. The fourth-order valence-corrected chi connectivity index (χ4v) is 7.02. The maximum absolute atomic E-state index is 14.6. The third kappa shape index (κ3) is 9.58. The van der Waals surface area contributed by atoms with Gasteiger partial charge in [0.15, 0.2) is 17.3 Å². The summed E-state index contributed by atoms with van der Waals surface area (Å²) in [7, 11) is 0. The molecule has 292 valence electrons. The Bertz CT molecular complexity index is 2000. The number of benzene rings is 3. The summed E-state index contributed by atoms with van der Waals surface area (Å²) in [5, 5.41) is 7.91. The number of alkyl halides is 3. The number of carbonyl (C=O) groups is 3. The predicted molar refractivity (Wildman–Crippen MR) is 205 cm³/mol. The Morgan fingerprint density at radius 2 is 1.69 bits per heavy atom. The zero-order chi connectivity index (χ0) is 39.3. The molecule has 6 rings (SSSR count). The molecule has 18 heteroatoms. The molecule has 55 heavy (non-hydrogen) atoms. The molecule has 1 saturated carbocycles. The number of ether oxygens (including phenoxy) is 2. The molecule has 2 heterocycles. The number of nitrogens with zero attached hydrogens (tertiary/aromatic N) is 4. The molecule has 0 unspecified atom stereocenters. The molecule has 0 atom stereocenters. The van der Waals surface area contributed by atoms with Crippen LogP contribution in [0.3, 0.4) is 0 Å². The van der Waals surface area contributed by atoms with Crippen LogP contribution < -0.4 is 31.0 Å². The van der Waals surface area contributed by atoms with Crippen molar-refractivity contribution in [1.82, 2.24) is 14.8 Å². The molecule has 2 aliphatic heterocycles. The van der Waals surface area contributed by atoms with E-state index in [1.165, 1.54) is 0 Å². The first-order chi connectivity index (χ1) is 26.4. The molecule has 0 aromatic heterocycles. The molecular weight excluding hydrogens is 761 g/mol. The molecule has 3 aromatic rings. The summed E-state index contributed by atoms with van der Waals surface area (Å²) < 4.78 is 53.9. The first kappa shape index (κ1) is 39.6. The molecule has 3 amide bonds. The second kappa shape index (κ2) is 17.1. The number of amidine groups is 1. The number of nitrogens with one attached hydrogen (secondary N) is 2. The number of fused-ring (bicyclic) bond motifs is 1. The largest absolute Gasteiger partial charge is 0.454 e. The van der Waals surface area contributed by atoms with Gasteiger partial charge in [0.05, 0.1) is 27.5 Å². The van der Waals surface area contributed by atoms with Crippen LogP contribution in [0.2, 0.25) is 5.02 Å². The summed E-state index contributed by atoms with van der Waals surface area (Å²) in [6, 6.07) is 14.7. The maximum atomic E-state index is 14.6. The van der Waals surface area contributed by atoms with Gasteiger partial charge < -0.3 is 40.8 Å². The lowest BCUT2D eigenvalue weighted by Crippen LogP contribution is -2.51. The van der Waals surface area contributed by atoms with Crippen molar-refractivity contribution in [2.75, 3.05) is 56.1 Å². The highest BCUT2D eigenvalue weighted by Crippen LogP contribution is 2.36. The highest BCUT2D eigenvalue weighted by atomic mass is 35.5. The van der Waals surface area contributed by atoms with E-state index in [0.29, 0.717) is 45.9 Å². The fraction of sp³-hybridized carbons (Fsp3) is 0.351. The molecule has 2 fully saturated rings. The van der Waals surface area contributed by atoms with Crippen molar-refractivity contribution in [3.8, 4) is 11.5 Å². The molecule has 0 bridgehead atoms. The van der Waals surface area contributed by atoms with Crippen LogP contribution in [0.5, 0.6) is 11.5 Å². The summed E-state index contributed by atoms with van der Waals surface area (Å²) in [5.41, 5.74) is 13.9. The number of hydrogen-bond acceptors (Lipinski definition) is 10. The molecule has 1 saturated heterocycles. The SMILES string of the molecule is CC/C(CN)=C(/C(=O)N(CC(=O)Nc1ccc(C(F)(F)F)cc1Cl)/N=C(\N)c1ccc2c(c1)OCO2)N1CCN(C(=O)c2ccccc2NSC2CC2)CC1. The van der Waals surface area contributed by atoms with Crippen LogP contribution >= 0.6 is 23.5 Å². The van der Waals surface area contributed by atoms with Crippen LogP contribution in [0.4, 0.5) is 24.5 Å². The van der Waals surface area contributed by atoms with Crippen LogP contribution in [0.1, 0.15) is 47.7 Å². The number of halogens is 4. The lowest BCUT2D eigenvalue weighted by atomic mass is 10.1. The Balaban J connectivity index is 1.25. The number of piperazine rings is 1. The van der Waals surface area contributed by atoms with E-state index in [4.69, 9.17) is 32.5 Å². The molecule has 1 aliphatic carbocycles. The van der Waals surface area contributed by atoms with Crippen molar-refractivity contribution in [2.45, 2.75) is 37.6 Å². The zero-order valence-corrected chi connectivity index (χ0v) is 31.4. The van der Waals surface area contributed by atoms with Crippen LogP contribution in [0.15, 0.2) is 77.0 Å². The second-order valence-electron chi connectivity index (χ2n) is 12.9. The smallest absolute Gasteiger partial charge is 0.416 e. The van der Waals surface area contributed by atoms with E-state index >= 15 is 0 Å². The minimum Gasteiger partial charge on any atom is -0.454 e. The van der Waals surface area contributed by atoms with E-state index in [1.54, 1.807) is 41.1 Å². The number of anilines is 2. The zero-order valence-electron chi connectivity index (χ0n) is 29.8. The Kier molecular flexibility index (Phi) is 12.3. The highest BCUT2D eigenvalue weighted by molar-refractivity contribution is 8.01. The number of hydrogen-bond donors (Lipinski definition) is 4. The molecule has 6 N–H and O–H groups in total.